The van der Waals surface area contributed by atoms with Crippen LogP contribution in [-0.2, 0) is 0 Å². The fraction of sp³-hybridized carbons (Fsp3) is 0.0769. The van der Waals surface area contributed by atoms with Gasteiger partial charge in [-0.25, -0.2) is 9.37 Å². The van der Waals surface area contributed by atoms with E-state index in [9.17, 15) is 4.39 Å². The summed E-state index contributed by atoms with van der Waals surface area (Å²) in [6.45, 7) is 1.81. The first-order chi connectivity index (χ1) is 8.54. The van der Waals surface area contributed by atoms with Crippen molar-refractivity contribution in [3.63, 3.8) is 0 Å². The predicted octanol–water partition coefficient (Wildman–Crippen LogP) is 2.96. The van der Waals surface area contributed by atoms with Crippen LogP contribution >= 0.6 is 12.2 Å². The summed E-state index contributed by atoms with van der Waals surface area (Å²) in [5.74, 6) is 0.347. The first kappa shape index (κ1) is 12.4. The highest BCUT2D eigenvalue weighted by atomic mass is 32.1. The van der Waals surface area contributed by atoms with Crippen molar-refractivity contribution in [3.8, 4) is 11.6 Å². The van der Waals surface area contributed by atoms with Crippen molar-refractivity contribution in [2.75, 3.05) is 0 Å². The first-order valence-electron chi connectivity index (χ1n) is 5.26. The van der Waals surface area contributed by atoms with Crippen LogP contribution in [0.3, 0.4) is 0 Å². The summed E-state index contributed by atoms with van der Waals surface area (Å²) in [6, 6.07) is 9.23. The lowest BCUT2D eigenvalue weighted by Crippen LogP contribution is -2.10. The van der Waals surface area contributed by atoms with Crippen molar-refractivity contribution in [2.24, 2.45) is 5.73 Å². The van der Waals surface area contributed by atoms with Gasteiger partial charge in [0.05, 0.1) is 0 Å². The number of hydrogen-bond acceptors (Lipinski definition) is 3. The minimum Gasteiger partial charge on any atom is -0.439 e. The number of thiocarbonyl (C=S) groups is 1. The van der Waals surface area contributed by atoms with E-state index in [1.165, 1.54) is 12.1 Å². The molecule has 2 N–H and O–H groups in total. The highest BCUT2D eigenvalue weighted by Crippen LogP contribution is 2.21. The Morgan fingerprint density at radius 3 is 2.78 bits per heavy atom. The predicted molar refractivity (Wildman–Crippen MR) is 71.3 cm³/mol. The molecule has 0 saturated carbocycles. The van der Waals surface area contributed by atoms with Gasteiger partial charge >= 0.3 is 0 Å². The average Bonchev–Trinajstić information content (AvgIpc) is 2.28. The Morgan fingerprint density at radius 2 is 2.11 bits per heavy atom. The second-order valence-electron chi connectivity index (χ2n) is 3.76. The molecule has 0 radical (unpaired) electrons. The quantitative estimate of drug-likeness (QED) is 0.864. The lowest BCUT2D eigenvalue weighted by atomic mass is 10.2. The second kappa shape index (κ2) is 5.10. The average molecular weight is 262 g/mol. The molecule has 0 atom stereocenters. The van der Waals surface area contributed by atoms with Gasteiger partial charge < -0.3 is 10.5 Å². The fourth-order valence-electron chi connectivity index (χ4n) is 1.48. The number of pyridine rings is 1. The van der Waals surface area contributed by atoms with Gasteiger partial charge in [0.1, 0.15) is 16.6 Å². The number of aryl methyl sites for hydroxylation is 1. The number of rotatable bonds is 3. The Balaban J connectivity index is 2.31. The molecule has 2 rings (SSSR count). The topological polar surface area (TPSA) is 48.1 Å². The number of nitrogens with two attached hydrogens (primary N) is 1. The maximum absolute atomic E-state index is 13.0. The van der Waals surface area contributed by atoms with Crippen molar-refractivity contribution < 1.29 is 9.13 Å². The molecule has 1 aromatic carbocycles. The molecular weight excluding hydrogens is 251 g/mol. The van der Waals surface area contributed by atoms with Crippen LogP contribution in [0.4, 0.5) is 4.39 Å². The molecule has 2 aromatic rings. The summed E-state index contributed by atoms with van der Waals surface area (Å²) in [5.41, 5.74) is 6.96. The lowest BCUT2D eigenvalue weighted by Gasteiger charge is -2.07. The van der Waals surface area contributed by atoms with E-state index in [0.29, 0.717) is 17.2 Å². The van der Waals surface area contributed by atoms with E-state index in [-0.39, 0.29) is 10.8 Å². The van der Waals surface area contributed by atoms with Crippen LogP contribution in [0.5, 0.6) is 11.6 Å². The molecule has 3 nitrogen and oxygen atoms in total. The second-order valence-corrected chi connectivity index (χ2v) is 4.20. The Labute approximate surface area is 109 Å². The molecule has 18 heavy (non-hydrogen) atoms. The molecule has 1 heterocycles. The van der Waals surface area contributed by atoms with E-state index >= 15 is 0 Å². The van der Waals surface area contributed by atoms with Crippen molar-refractivity contribution in [1.82, 2.24) is 4.98 Å². The number of benzene rings is 1. The summed E-state index contributed by atoms with van der Waals surface area (Å²) < 4.78 is 18.5. The smallest absolute Gasteiger partial charge is 0.220 e. The molecule has 0 saturated heterocycles. The van der Waals surface area contributed by atoms with Crippen molar-refractivity contribution >= 4 is 17.2 Å². The van der Waals surface area contributed by atoms with Crippen molar-refractivity contribution in [3.05, 3.63) is 53.5 Å². The summed E-state index contributed by atoms with van der Waals surface area (Å²) in [4.78, 5) is 4.45. The monoisotopic (exact) mass is 262 g/mol. The van der Waals surface area contributed by atoms with Crippen LogP contribution in [0.2, 0.25) is 0 Å². The molecule has 1 aromatic heterocycles. The Morgan fingerprint density at radius 1 is 1.33 bits per heavy atom. The van der Waals surface area contributed by atoms with E-state index in [0.717, 1.165) is 5.69 Å². The highest BCUT2D eigenvalue weighted by Gasteiger charge is 2.05. The Bertz CT molecular complexity index is 601. The number of hydrogen-bond donors (Lipinski definition) is 1. The van der Waals surface area contributed by atoms with Crippen LogP contribution in [0, 0.1) is 12.7 Å². The van der Waals surface area contributed by atoms with E-state index < -0.39 is 0 Å². The van der Waals surface area contributed by atoms with Crippen LogP contribution in [0.25, 0.3) is 0 Å². The minimum absolute atomic E-state index is 0.268. The molecule has 0 fully saturated rings. The molecule has 0 bridgehead atoms. The number of ether oxygens (including phenoxy) is 1. The highest BCUT2D eigenvalue weighted by molar-refractivity contribution is 7.80. The lowest BCUT2D eigenvalue weighted by molar-refractivity contribution is 0.457. The molecular formula is C13H11FN2OS. The fourth-order valence-corrected chi connectivity index (χ4v) is 1.60. The number of halogens is 1. The van der Waals surface area contributed by atoms with Gasteiger partial charge in [-0.15, -0.1) is 0 Å². The van der Waals surface area contributed by atoms with E-state index in [1.807, 2.05) is 0 Å². The van der Waals surface area contributed by atoms with E-state index in [2.05, 4.69) is 4.98 Å². The van der Waals surface area contributed by atoms with Gasteiger partial charge in [0.25, 0.3) is 0 Å². The largest absolute Gasteiger partial charge is 0.439 e. The van der Waals surface area contributed by atoms with Gasteiger partial charge in [0.2, 0.25) is 5.88 Å². The normalized spacial score (nSPS) is 10.1. The molecule has 0 spiro atoms. The number of nitrogens with zero attached hydrogens (tertiary/aromatic N) is 1. The van der Waals surface area contributed by atoms with Crippen LogP contribution in [-0.4, -0.2) is 9.97 Å². The number of aromatic nitrogens is 1. The molecule has 0 unspecified atom stereocenters. The molecule has 0 aliphatic rings. The summed E-state index contributed by atoms with van der Waals surface area (Å²) in [5, 5.41) is 0. The minimum atomic E-state index is -0.366. The Kier molecular flexibility index (Phi) is 3.53. The van der Waals surface area contributed by atoms with Gasteiger partial charge in [-0.05, 0) is 25.1 Å². The van der Waals surface area contributed by atoms with Gasteiger partial charge in [-0.2, -0.15) is 0 Å². The molecule has 92 valence electrons. The molecule has 0 amide bonds. The molecule has 5 heteroatoms. The van der Waals surface area contributed by atoms with Gasteiger partial charge in [-0.1, -0.05) is 18.3 Å². The standard InChI is InChI=1S/C13H11FN2OS/c1-8-5-9(13(15)18)6-12(16-8)17-11-4-2-3-10(14)7-11/h2-7H,1H3,(H2,15,18). The van der Waals surface area contributed by atoms with Crippen molar-refractivity contribution in [1.29, 1.82) is 0 Å². The third-order valence-corrected chi connectivity index (χ3v) is 2.47. The molecule has 0 aliphatic carbocycles. The summed E-state index contributed by atoms with van der Waals surface area (Å²) in [7, 11) is 0. The van der Waals surface area contributed by atoms with Gasteiger partial charge in [0.15, 0.2) is 0 Å². The van der Waals surface area contributed by atoms with Gasteiger partial charge in [-0.3, -0.25) is 0 Å². The maximum atomic E-state index is 13.0. The first-order valence-corrected chi connectivity index (χ1v) is 5.67. The zero-order chi connectivity index (χ0) is 13.1. The van der Waals surface area contributed by atoms with Crippen LogP contribution in [0.1, 0.15) is 11.3 Å². The zero-order valence-electron chi connectivity index (χ0n) is 9.68. The SMILES string of the molecule is Cc1cc(C(N)=S)cc(Oc2cccc(F)c2)n1. The Hall–Kier alpha value is -2.01. The van der Waals surface area contributed by atoms with E-state index in [4.69, 9.17) is 22.7 Å². The molecule has 0 aliphatic heterocycles. The third-order valence-electron chi connectivity index (χ3n) is 2.23. The summed E-state index contributed by atoms with van der Waals surface area (Å²) in [6.07, 6.45) is 0. The summed E-state index contributed by atoms with van der Waals surface area (Å²) >= 11 is 4.90. The maximum Gasteiger partial charge on any atom is 0.220 e. The third kappa shape index (κ3) is 3.01. The van der Waals surface area contributed by atoms with Crippen molar-refractivity contribution in [2.45, 2.75) is 6.92 Å². The van der Waals surface area contributed by atoms with Gasteiger partial charge in [0, 0.05) is 23.4 Å². The van der Waals surface area contributed by atoms with E-state index in [1.54, 1.807) is 31.2 Å². The zero-order valence-corrected chi connectivity index (χ0v) is 10.5. The van der Waals surface area contributed by atoms with Crippen LogP contribution < -0.4 is 10.5 Å². The van der Waals surface area contributed by atoms with Crippen LogP contribution in [0.15, 0.2) is 36.4 Å².